The van der Waals surface area contributed by atoms with Crippen LogP contribution in [-0.2, 0) is 6.42 Å². The van der Waals surface area contributed by atoms with Gasteiger partial charge in [0.2, 0.25) is 0 Å². The van der Waals surface area contributed by atoms with Crippen LogP contribution in [0.15, 0.2) is 28.8 Å². The van der Waals surface area contributed by atoms with Gasteiger partial charge in [0.05, 0.1) is 5.69 Å². The highest BCUT2D eigenvalue weighted by atomic mass is 16.5. The van der Waals surface area contributed by atoms with Crippen LogP contribution in [0.5, 0.6) is 0 Å². The summed E-state index contributed by atoms with van der Waals surface area (Å²) in [6.45, 7) is 3.87. The minimum atomic E-state index is 0.779. The molecule has 3 saturated heterocycles. The highest BCUT2D eigenvalue weighted by Gasteiger charge is 2.34. The summed E-state index contributed by atoms with van der Waals surface area (Å²) in [6.07, 6.45) is 3.83. The molecule has 0 amide bonds. The molecule has 94 valence electrons. The SMILES string of the molecule is c1ccc2c(CC3CN4CCC3CC4)noc2c1. The van der Waals surface area contributed by atoms with Crippen molar-refractivity contribution in [1.82, 2.24) is 10.1 Å². The van der Waals surface area contributed by atoms with Crippen LogP contribution in [0.1, 0.15) is 18.5 Å². The third-order valence-electron chi connectivity index (χ3n) is 4.70. The summed E-state index contributed by atoms with van der Waals surface area (Å²) in [4.78, 5) is 2.60. The highest BCUT2D eigenvalue weighted by Crippen LogP contribution is 2.35. The van der Waals surface area contributed by atoms with Crippen LogP contribution in [0.2, 0.25) is 0 Å². The van der Waals surface area contributed by atoms with Gasteiger partial charge in [-0.15, -0.1) is 0 Å². The normalized spacial score (nSPS) is 31.0. The molecule has 0 saturated carbocycles. The highest BCUT2D eigenvalue weighted by molar-refractivity contribution is 5.79. The number of hydrogen-bond donors (Lipinski definition) is 0. The third-order valence-corrected chi connectivity index (χ3v) is 4.70. The lowest BCUT2D eigenvalue weighted by atomic mass is 9.77. The molecule has 1 atom stereocenters. The molecule has 4 heterocycles. The maximum absolute atomic E-state index is 5.41. The van der Waals surface area contributed by atoms with Crippen LogP contribution in [0, 0.1) is 11.8 Å². The van der Waals surface area contributed by atoms with Crippen molar-refractivity contribution in [3.8, 4) is 0 Å². The number of nitrogens with zero attached hydrogens (tertiary/aromatic N) is 2. The van der Waals surface area contributed by atoms with Crippen LogP contribution in [0.25, 0.3) is 11.0 Å². The fourth-order valence-corrected chi connectivity index (χ4v) is 3.65. The molecule has 0 N–H and O–H groups in total. The molecule has 1 unspecified atom stereocenters. The first-order valence-electron chi connectivity index (χ1n) is 6.96. The smallest absolute Gasteiger partial charge is 0.167 e. The summed E-state index contributed by atoms with van der Waals surface area (Å²) in [5.74, 6) is 1.69. The maximum Gasteiger partial charge on any atom is 0.167 e. The van der Waals surface area contributed by atoms with Crippen molar-refractivity contribution in [2.75, 3.05) is 19.6 Å². The van der Waals surface area contributed by atoms with Gasteiger partial charge in [-0.3, -0.25) is 0 Å². The Balaban J connectivity index is 1.61. The lowest BCUT2D eigenvalue weighted by Gasteiger charge is -2.44. The molecule has 5 rings (SSSR count). The summed E-state index contributed by atoms with van der Waals surface area (Å²) < 4.78 is 5.41. The molecule has 2 aromatic rings. The zero-order valence-corrected chi connectivity index (χ0v) is 10.5. The zero-order valence-electron chi connectivity index (χ0n) is 10.5. The number of rotatable bonds is 2. The first kappa shape index (κ1) is 10.6. The first-order chi connectivity index (χ1) is 8.90. The molecule has 3 aliphatic rings. The van der Waals surface area contributed by atoms with E-state index in [0.29, 0.717) is 0 Å². The van der Waals surface area contributed by atoms with Crippen LogP contribution in [0.4, 0.5) is 0 Å². The van der Waals surface area contributed by atoms with E-state index in [1.165, 1.54) is 37.9 Å². The zero-order chi connectivity index (χ0) is 11.9. The van der Waals surface area contributed by atoms with Crippen molar-refractivity contribution >= 4 is 11.0 Å². The molecule has 18 heavy (non-hydrogen) atoms. The maximum atomic E-state index is 5.41. The van der Waals surface area contributed by atoms with Crippen LogP contribution >= 0.6 is 0 Å². The van der Waals surface area contributed by atoms with E-state index in [4.69, 9.17) is 4.52 Å². The van der Waals surface area contributed by atoms with E-state index in [9.17, 15) is 0 Å². The van der Waals surface area contributed by atoms with E-state index >= 15 is 0 Å². The van der Waals surface area contributed by atoms with Crippen LogP contribution < -0.4 is 0 Å². The fraction of sp³-hybridized carbons (Fsp3) is 0.533. The Hall–Kier alpha value is -1.35. The summed E-state index contributed by atoms with van der Waals surface area (Å²) in [5.41, 5.74) is 2.08. The molecule has 3 nitrogen and oxygen atoms in total. The number of para-hydroxylation sites is 1. The van der Waals surface area contributed by atoms with E-state index in [1.807, 2.05) is 12.1 Å². The van der Waals surface area contributed by atoms with Gasteiger partial charge in [0.1, 0.15) is 0 Å². The van der Waals surface area contributed by atoms with Crippen molar-refractivity contribution in [3.63, 3.8) is 0 Å². The van der Waals surface area contributed by atoms with Crippen molar-refractivity contribution in [2.24, 2.45) is 11.8 Å². The monoisotopic (exact) mass is 242 g/mol. The van der Waals surface area contributed by atoms with Crippen molar-refractivity contribution in [3.05, 3.63) is 30.0 Å². The Kier molecular flexibility index (Phi) is 2.40. The van der Waals surface area contributed by atoms with Gasteiger partial charge >= 0.3 is 0 Å². The van der Waals surface area contributed by atoms with E-state index in [1.54, 1.807) is 0 Å². The quantitative estimate of drug-likeness (QED) is 0.811. The molecule has 3 heteroatoms. The number of hydrogen-bond acceptors (Lipinski definition) is 3. The van der Waals surface area contributed by atoms with Gasteiger partial charge in [0.25, 0.3) is 0 Å². The van der Waals surface area contributed by atoms with E-state index < -0.39 is 0 Å². The summed E-state index contributed by atoms with van der Waals surface area (Å²) in [7, 11) is 0. The standard InChI is InChI=1S/C15H18N2O/c1-2-4-15-13(3-1)14(16-18-15)9-12-10-17-7-5-11(12)6-8-17/h1-4,11-12H,5-10H2. The molecule has 0 spiro atoms. The third kappa shape index (κ3) is 1.65. The Bertz CT molecular complexity index is 554. The average molecular weight is 242 g/mol. The molecular formula is C15H18N2O. The minimum absolute atomic E-state index is 0.779. The summed E-state index contributed by atoms with van der Waals surface area (Å²) in [5, 5.41) is 5.48. The van der Waals surface area contributed by atoms with Crippen molar-refractivity contribution in [2.45, 2.75) is 19.3 Å². The number of benzene rings is 1. The number of piperidine rings is 3. The Labute approximate surface area is 107 Å². The lowest BCUT2D eigenvalue weighted by molar-refractivity contribution is 0.0506. The van der Waals surface area contributed by atoms with E-state index in [2.05, 4.69) is 22.2 Å². The molecule has 1 aromatic carbocycles. The summed E-state index contributed by atoms with van der Waals surface area (Å²) in [6, 6.07) is 8.20. The van der Waals surface area contributed by atoms with Crippen molar-refractivity contribution < 1.29 is 4.52 Å². The molecular weight excluding hydrogens is 224 g/mol. The Morgan fingerprint density at radius 1 is 1.22 bits per heavy atom. The first-order valence-corrected chi connectivity index (χ1v) is 6.96. The molecule has 0 aliphatic carbocycles. The second-order valence-corrected chi connectivity index (χ2v) is 5.73. The van der Waals surface area contributed by atoms with Gasteiger partial charge in [-0.25, -0.2) is 0 Å². The largest absolute Gasteiger partial charge is 0.356 e. The van der Waals surface area contributed by atoms with Crippen LogP contribution in [-0.4, -0.2) is 29.7 Å². The van der Waals surface area contributed by atoms with Crippen LogP contribution in [0.3, 0.4) is 0 Å². The average Bonchev–Trinajstić information content (AvgIpc) is 2.84. The second kappa shape index (κ2) is 4.09. The lowest BCUT2D eigenvalue weighted by Crippen LogP contribution is -2.48. The fourth-order valence-electron chi connectivity index (χ4n) is 3.65. The Morgan fingerprint density at radius 3 is 2.83 bits per heavy atom. The molecule has 1 aromatic heterocycles. The van der Waals surface area contributed by atoms with Gasteiger partial charge in [0.15, 0.2) is 5.58 Å². The van der Waals surface area contributed by atoms with Gasteiger partial charge in [-0.2, -0.15) is 0 Å². The van der Waals surface area contributed by atoms with Gasteiger partial charge in [0, 0.05) is 11.9 Å². The van der Waals surface area contributed by atoms with E-state index in [0.717, 1.165) is 29.5 Å². The minimum Gasteiger partial charge on any atom is -0.356 e. The molecule has 3 aliphatic heterocycles. The van der Waals surface area contributed by atoms with Gasteiger partial charge in [-0.05, 0) is 56.3 Å². The molecule has 3 fully saturated rings. The van der Waals surface area contributed by atoms with Gasteiger partial charge in [-0.1, -0.05) is 17.3 Å². The van der Waals surface area contributed by atoms with Gasteiger partial charge < -0.3 is 9.42 Å². The number of fused-ring (bicyclic) bond motifs is 4. The molecule has 2 bridgehead atoms. The molecule has 0 radical (unpaired) electrons. The number of aromatic nitrogens is 1. The van der Waals surface area contributed by atoms with Crippen molar-refractivity contribution in [1.29, 1.82) is 0 Å². The predicted octanol–water partition coefficient (Wildman–Crippen LogP) is 2.71. The topological polar surface area (TPSA) is 29.3 Å². The van der Waals surface area contributed by atoms with E-state index in [-0.39, 0.29) is 0 Å². The summed E-state index contributed by atoms with van der Waals surface area (Å²) >= 11 is 0. The Morgan fingerprint density at radius 2 is 2.06 bits per heavy atom. The predicted molar refractivity (Wildman–Crippen MR) is 70.4 cm³/mol. The second-order valence-electron chi connectivity index (χ2n) is 5.73.